The fourth-order valence-electron chi connectivity index (χ4n) is 3.47. The smallest absolute Gasteiger partial charge is 0.242 e. The molecular weight excluding hydrogens is 436 g/mol. The number of imidazole rings is 1. The summed E-state index contributed by atoms with van der Waals surface area (Å²) in [5.41, 5.74) is 2.40. The molecule has 31 heavy (non-hydrogen) atoms. The molecular formula is C22H27ClN4O3S. The Morgan fingerprint density at radius 1 is 1.23 bits per heavy atom. The number of aryl methyl sites for hydroxylation is 2. The van der Waals surface area contributed by atoms with Crippen molar-refractivity contribution in [3.05, 3.63) is 58.9 Å². The van der Waals surface area contributed by atoms with Gasteiger partial charge in [0.15, 0.2) is 0 Å². The molecule has 3 aromatic rings. The van der Waals surface area contributed by atoms with E-state index in [4.69, 9.17) is 11.6 Å². The lowest BCUT2D eigenvalue weighted by atomic mass is 10.1. The normalized spacial score (nSPS) is 13.0. The van der Waals surface area contributed by atoms with Gasteiger partial charge in [-0.05, 0) is 49.7 Å². The number of benzene rings is 2. The topological polar surface area (TPSA) is 84.3 Å². The van der Waals surface area contributed by atoms with Crippen LogP contribution >= 0.6 is 11.6 Å². The number of sulfonamides is 1. The van der Waals surface area contributed by atoms with E-state index in [2.05, 4.69) is 10.3 Å². The van der Waals surface area contributed by atoms with Gasteiger partial charge in [0.05, 0.1) is 22.0 Å². The standard InChI is InChI=1S/C22H27ClN4O3S/c1-5-27-20-10-9-18(31(29,30)26(3)4)14-19(20)25-21(27)11-12-22(28)24-15(2)16-7-6-8-17(23)13-16/h6-10,13-15H,5,11-12H2,1-4H3,(H,24,28). The van der Waals surface area contributed by atoms with E-state index in [-0.39, 0.29) is 23.3 Å². The van der Waals surface area contributed by atoms with Gasteiger partial charge >= 0.3 is 0 Å². The highest BCUT2D eigenvalue weighted by Gasteiger charge is 2.20. The molecule has 7 nitrogen and oxygen atoms in total. The maximum absolute atomic E-state index is 12.5. The predicted molar refractivity (Wildman–Crippen MR) is 123 cm³/mol. The average molecular weight is 463 g/mol. The third-order valence-corrected chi connectivity index (χ3v) is 7.24. The van der Waals surface area contributed by atoms with Crippen molar-refractivity contribution in [2.75, 3.05) is 14.1 Å². The number of hydrogen-bond acceptors (Lipinski definition) is 4. The molecule has 1 unspecified atom stereocenters. The molecule has 9 heteroatoms. The van der Waals surface area contributed by atoms with Crippen LogP contribution in [0.25, 0.3) is 11.0 Å². The minimum atomic E-state index is -3.54. The molecule has 166 valence electrons. The van der Waals surface area contributed by atoms with Crippen molar-refractivity contribution >= 4 is 38.6 Å². The van der Waals surface area contributed by atoms with Crippen LogP contribution in [-0.2, 0) is 27.8 Å². The summed E-state index contributed by atoms with van der Waals surface area (Å²) in [6.07, 6.45) is 0.726. The first kappa shape index (κ1) is 23.2. The molecule has 1 N–H and O–H groups in total. The highest BCUT2D eigenvalue weighted by molar-refractivity contribution is 7.89. The Bertz CT molecular complexity index is 1200. The summed E-state index contributed by atoms with van der Waals surface area (Å²) >= 11 is 6.03. The number of rotatable bonds is 8. The largest absolute Gasteiger partial charge is 0.350 e. The number of aromatic nitrogens is 2. The van der Waals surface area contributed by atoms with Crippen LogP contribution in [0.4, 0.5) is 0 Å². The van der Waals surface area contributed by atoms with Crippen LogP contribution in [0, 0.1) is 0 Å². The molecule has 2 aromatic carbocycles. The summed E-state index contributed by atoms with van der Waals surface area (Å²) in [4.78, 5) is 17.3. The van der Waals surface area contributed by atoms with Crippen LogP contribution in [-0.4, -0.2) is 42.3 Å². The number of nitrogens with one attached hydrogen (secondary N) is 1. The van der Waals surface area contributed by atoms with Gasteiger partial charge in [0, 0.05) is 38.5 Å². The number of nitrogens with zero attached hydrogens (tertiary/aromatic N) is 3. The molecule has 1 aromatic heterocycles. The maximum atomic E-state index is 12.5. The molecule has 0 bridgehead atoms. The highest BCUT2D eigenvalue weighted by Crippen LogP contribution is 2.23. The molecule has 0 fully saturated rings. The lowest BCUT2D eigenvalue weighted by Gasteiger charge is -2.14. The van der Waals surface area contributed by atoms with Gasteiger partial charge in [-0.3, -0.25) is 4.79 Å². The van der Waals surface area contributed by atoms with Crippen molar-refractivity contribution in [3.63, 3.8) is 0 Å². The SMILES string of the molecule is CCn1c(CCC(=O)NC(C)c2cccc(Cl)c2)nc2cc(S(=O)(=O)N(C)C)ccc21. The van der Waals surface area contributed by atoms with Crippen LogP contribution in [0.2, 0.25) is 5.02 Å². The van der Waals surface area contributed by atoms with Crippen molar-refractivity contribution in [2.45, 2.75) is 44.2 Å². The third kappa shape index (κ3) is 5.08. The number of halogens is 1. The number of hydrogen-bond donors (Lipinski definition) is 1. The number of amides is 1. The number of carbonyl (C=O) groups excluding carboxylic acids is 1. The van der Waals surface area contributed by atoms with Crippen LogP contribution < -0.4 is 5.32 Å². The molecule has 0 spiro atoms. The van der Waals surface area contributed by atoms with E-state index in [1.807, 2.05) is 36.6 Å². The molecule has 0 radical (unpaired) electrons. The van der Waals surface area contributed by atoms with Crippen molar-refractivity contribution in [1.82, 2.24) is 19.2 Å². The van der Waals surface area contributed by atoms with Gasteiger partial charge in [-0.25, -0.2) is 17.7 Å². The molecule has 0 aliphatic heterocycles. The molecule has 1 atom stereocenters. The maximum Gasteiger partial charge on any atom is 0.242 e. The molecule has 0 aliphatic carbocycles. The molecule has 3 rings (SSSR count). The number of carbonyl (C=O) groups is 1. The second-order valence-corrected chi connectivity index (χ2v) is 10.1. The van der Waals surface area contributed by atoms with Gasteiger partial charge in [-0.1, -0.05) is 23.7 Å². The van der Waals surface area contributed by atoms with E-state index < -0.39 is 10.0 Å². The van der Waals surface area contributed by atoms with E-state index in [0.29, 0.717) is 23.5 Å². The van der Waals surface area contributed by atoms with Crippen molar-refractivity contribution in [2.24, 2.45) is 0 Å². The van der Waals surface area contributed by atoms with Crippen LogP contribution in [0.15, 0.2) is 47.4 Å². The molecule has 0 saturated heterocycles. The minimum absolute atomic E-state index is 0.0851. The van der Waals surface area contributed by atoms with Crippen LogP contribution in [0.1, 0.15) is 37.7 Å². The first-order chi connectivity index (χ1) is 14.6. The van der Waals surface area contributed by atoms with Crippen molar-refractivity contribution in [3.8, 4) is 0 Å². The van der Waals surface area contributed by atoms with Crippen molar-refractivity contribution < 1.29 is 13.2 Å². The van der Waals surface area contributed by atoms with Gasteiger partial charge < -0.3 is 9.88 Å². The van der Waals surface area contributed by atoms with E-state index >= 15 is 0 Å². The Kier molecular flexibility index (Phi) is 7.03. The molecule has 0 aliphatic rings. The fourth-order valence-corrected chi connectivity index (χ4v) is 4.59. The Labute approximate surface area is 188 Å². The van der Waals surface area contributed by atoms with E-state index in [1.54, 1.807) is 24.3 Å². The Morgan fingerprint density at radius 3 is 2.61 bits per heavy atom. The second-order valence-electron chi connectivity index (χ2n) is 7.55. The zero-order valence-corrected chi connectivity index (χ0v) is 19.7. The Balaban J connectivity index is 1.75. The van der Waals surface area contributed by atoms with Gasteiger partial charge in [0.25, 0.3) is 0 Å². The van der Waals surface area contributed by atoms with Gasteiger partial charge in [0.2, 0.25) is 15.9 Å². The zero-order valence-electron chi connectivity index (χ0n) is 18.1. The third-order valence-electron chi connectivity index (χ3n) is 5.20. The van der Waals surface area contributed by atoms with Gasteiger partial charge in [-0.15, -0.1) is 0 Å². The lowest BCUT2D eigenvalue weighted by molar-refractivity contribution is -0.121. The zero-order chi connectivity index (χ0) is 22.8. The van der Waals surface area contributed by atoms with Crippen molar-refractivity contribution in [1.29, 1.82) is 0 Å². The van der Waals surface area contributed by atoms with E-state index in [1.165, 1.54) is 18.4 Å². The Hall–Kier alpha value is -2.42. The molecule has 1 heterocycles. The second kappa shape index (κ2) is 9.38. The summed E-state index contributed by atoms with van der Waals surface area (Å²) in [6, 6.07) is 12.2. The summed E-state index contributed by atoms with van der Waals surface area (Å²) in [5.74, 6) is 0.667. The predicted octanol–water partition coefficient (Wildman–Crippen LogP) is 3.77. The summed E-state index contributed by atoms with van der Waals surface area (Å²) in [6.45, 7) is 4.58. The van der Waals surface area contributed by atoms with E-state index in [0.717, 1.165) is 16.9 Å². The fraction of sp³-hybridized carbons (Fsp3) is 0.364. The average Bonchev–Trinajstić information content (AvgIpc) is 3.08. The van der Waals surface area contributed by atoms with E-state index in [9.17, 15) is 13.2 Å². The minimum Gasteiger partial charge on any atom is -0.350 e. The summed E-state index contributed by atoms with van der Waals surface area (Å²) in [7, 11) is -0.540. The summed E-state index contributed by atoms with van der Waals surface area (Å²) < 4.78 is 28.0. The quantitative estimate of drug-likeness (QED) is 0.552. The number of fused-ring (bicyclic) bond motifs is 1. The highest BCUT2D eigenvalue weighted by atomic mass is 35.5. The van der Waals surface area contributed by atoms with Crippen LogP contribution in [0.3, 0.4) is 0 Å². The molecule has 1 amide bonds. The summed E-state index contributed by atoms with van der Waals surface area (Å²) in [5, 5.41) is 3.62. The lowest BCUT2D eigenvalue weighted by Crippen LogP contribution is -2.27. The molecule has 0 saturated carbocycles. The van der Waals surface area contributed by atoms with Gasteiger partial charge in [-0.2, -0.15) is 0 Å². The van der Waals surface area contributed by atoms with Crippen LogP contribution in [0.5, 0.6) is 0 Å². The first-order valence-electron chi connectivity index (χ1n) is 10.1. The first-order valence-corrected chi connectivity index (χ1v) is 11.9. The van der Waals surface area contributed by atoms with Gasteiger partial charge in [0.1, 0.15) is 5.82 Å². The monoisotopic (exact) mass is 462 g/mol. The Morgan fingerprint density at radius 2 is 1.97 bits per heavy atom.